The minimum atomic E-state index is -0.0588. The van der Waals surface area contributed by atoms with E-state index in [0.717, 1.165) is 24.5 Å². The van der Waals surface area contributed by atoms with Gasteiger partial charge in [-0.15, -0.1) is 0 Å². The highest BCUT2D eigenvalue weighted by molar-refractivity contribution is 6.34. The number of hydrogen-bond donors (Lipinski definition) is 1. The Kier molecular flexibility index (Phi) is 4.66. The lowest BCUT2D eigenvalue weighted by Crippen LogP contribution is -2.37. The molecule has 1 aliphatic rings. The van der Waals surface area contributed by atoms with Gasteiger partial charge in [-0.05, 0) is 12.1 Å². The summed E-state index contributed by atoms with van der Waals surface area (Å²) >= 11 is 6.29. The molecule has 5 heteroatoms. The highest BCUT2D eigenvalue weighted by Crippen LogP contribution is 2.34. The van der Waals surface area contributed by atoms with Gasteiger partial charge in [0.1, 0.15) is 0 Å². The van der Waals surface area contributed by atoms with Crippen LogP contribution in [0.3, 0.4) is 0 Å². The van der Waals surface area contributed by atoms with Crippen molar-refractivity contribution in [2.24, 2.45) is 5.92 Å². The lowest BCUT2D eigenvalue weighted by molar-refractivity contribution is -0.118. The highest BCUT2D eigenvalue weighted by Gasteiger charge is 2.19. The van der Waals surface area contributed by atoms with Crippen molar-refractivity contribution in [2.45, 2.75) is 13.8 Å². The number of ether oxygens (including phenoxy) is 1. The van der Waals surface area contributed by atoms with Crippen molar-refractivity contribution in [1.29, 1.82) is 0 Å². The summed E-state index contributed by atoms with van der Waals surface area (Å²) in [5.41, 5.74) is 1.66. The summed E-state index contributed by atoms with van der Waals surface area (Å²) in [4.78, 5) is 14.0. The lowest BCUT2D eigenvalue weighted by Gasteiger charge is -2.31. The number of para-hydroxylation sites is 1. The standard InChI is InChI=1S/C14H19ClN2O2/c1-10(2)14(18)16-12-5-3-4-11(15)13(12)17-6-8-19-9-7-17/h3-5,10H,6-9H2,1-2H3,(H,16,18). The second-order valence-corrected chi connectivity index (χ2v) is 5.29. The first-order valence-electron chi connectivity index (χ1n) is 6.51. The Labute approximate surface area is 118 Å². The van der Waals surface area contributed by atoms with E-state index in [2.05, 4.69) is 10.2 Å². The summed E-state index contributed by atoms with van der Waals surface area (Å²) in [5.74, 6) is -0.0618. The molecule has 2 rings (SSSR count). The fourth-order valence-electron chi connectivity index (χ4n) is 2.00. The molecule has 0 bridgehead atoms. The molecule has 1 heterocycles. The fraction of sp³-hybridized carbons (Fsp3) is 0.500. The first-order valence-corrected chi connectivity index (χ1v) is 6.89. The normalized spacial score (nSPS) is 15.7. The summed E-state index contributed by atoms with van der Waals surface area (Å²) in [6, 6.07) is 5.58. The number of rotatable bonds is 3. The summed E-state index contributed by atoms with van der Waals surface area (Å²) < 4.78 is 5.35. The van der Waals surface area contributed by atoms with Crippen LogP contribution in [0.15, 0.2) is 18.2 Å². The van der Waals surface area contributed by atoms with Crippen molar-refractivity contribution in [3.05, 3.63) is 23.2 Å². The van der Waals surface area contributed by atoms with E-state index in [1.165, 1.54) is 0 Å². The molecule has 1 amide bonds. The first-order chi connectivity index (χ1) is 9.09. The van der Waals surface area contributed by atoms with E-state index in [1.54, 1.807) is 0 Å². The molecule has 4 nitrogen and oxygen atoms in total. The predicted octanol–water partition coefficient (Wildman–Crippen LogP) is 2.77. The van der Waals surface area contributed by atoms with Crippen LogP contribution in [0, 0.1) is 5.92 Å². The molecule has 0 aromatic heterocycles. The van der Waals surface area contributed by atoms with Gasteiger partial charge in [0.15, 0.2) is 0 Å². The van der Waals surface area contributed by atoms with Gasteiger partial charge in [0.2, 0.25) is 5.91 Å². The molecular formula is C14H19ClN2O2. The Hall–Kier alpha value is -1.26. The Morgan fingerprint density at radius 3 is 2.68 bits per heavy atom. The zero-order valence-electron chi connectivity index (χ0n) is 11.3. The van der Waals surface area contributed by atoms with Crippen LogP contribution in [0.4, 0.5) is 11.4 Å². The molecule has 1 aromatic carbocycles. The van der Waals surface area contributed by atoms with Crippen LogP contribution in [0.1, 0.15) is 13.8 Å². The Morgan fingerprint density at radius 1 is 1.37 bits per heavy atom. The van der Waals surface area contributed by atoms with Crippen LogP contribution in [-0.4, -0.2) is 32.2 Å². The van der Waals surface area contributed by atoms with Gasteiger partial charge in [0.25, 0.3) is 0 Å². The van der Waals surface area contributed by atoms with Gasteiger partial charge in [-0.2, -0.15) is 0 Å². The topological polar surface area (TPSA) is 41.6 Å². The summed E-state index contributed by atoms with van der Waals surface area (Å²) in [6.45, 7) is 6.68. The van der Waals surface area contributed by atoms with Gasteiger partial charge in [0, 0.05) is 19.0 Å². The molecule has 19 heavy (non-hydrogen) atoms. The molecule has 1 aliphatic heterocycles. The number of hydrogen-bond acceptors (Lipinski definition) is 3. The largest absolute Gasteiger partial charge is 0.378 e. The van der Waals surface area contributed by atoms with E-state index in [-0.39, 0.29) is 11.8 Å². The lowest BCUT2D eigenvalue weighted by atomic mass is 10.1. The zero-order chi connectivity index (χ0) is 13.8. The zero-order valence-corrected chi connectivity index (χ0v) is 12.0. The molecule has 1 N–H and O–H groups in total. The molecule has 0 atom stereocenters. The monoisotopic (exact) mass is 282 g/mol. The van der Waals surface area contributed by atoms with Crippen LogP contribution < -0.4 is 10.2 Å². The Bertz CT molecular complexity index is 457. The SMILES string of the molecule is CC(C)C(=O)Nc1cccc(Cl)c1N1CCOCC1. The van der Waals surface area contributed by atoms with Gasteiger partial charge in [-0.1, -0.05) is 31.5 Å². The number of amides is 1. The van der Waals surface area contributed by atoms with E-state index in [0.29, 0.717) is 18.2 Å². The maximum absolute atomic E-state index is 11.9. The average Bonchev–Trinajstić information content (AvgIpc) is 2.39. The Balaban J connectivity index is 2.27. The van der Waals surface area contributed by atoms with E-state index in [1.807, 2.05) is 32.0 Å². The number of nitrogens with zero attached hydrogens (tertiary/aromatic N) is 1. The third kappa shape index (κ3) is 3.39. The van der Waals surface area contributed by atoms with Crippen LogP contribution >= 0.6 is 11.6 Å². The molecule has 0 radical (unpaired) electrons. The summed E-state index contributed by atoms with van der Waals surface area (Å²) in [5, 5.41) is 3.60. The number of benzene rings is 1. The second-order valence-electron chi connectivity index (χ2n) is 4.88. The first kappa shape index (κ1) is 14.2. The van der Waals surface area contributed by atoms with E-state index < -0.39 is 0 Å². The van der Waals surface area contributed by atoms with Crippen molar-refractivity contribution in [3.8, 4) is 0 Å². The minimum Gasteiger partial charge on any atom is -0.378 e. The summed E-state index contributed by atoms with van der Waals surface area (Å²) in [6.07, 6.45) is 0. The van der Waals surface area contributed by atoms with E-state index >= 15 is 0 Å². The smallest absolute Gasteiger partial charge is 0.226 e. The van der Waals surface area contributed by atoms with Crippen LogP contribution in [0.5, 0.6) is 0 Å². The van der Waals surface area contributed by atoms with Gasteiger partial charge in [-0.25, -0.2) is 0 Å². The maximum Gasteiger partial charge on any atom is 0.226 e. The third-order valence-electron chi connectivity index (χ3n) is 3.10. The Morgan fingerprint density at radius 2 is 2.05 bits per heavy atom. The maximum atomic E-state index is 11.9. The second kappa shape index (κ2) is 6.26. The van der Waals surface area contributed by atoms with Crippen molar-refractivity contribution < 1.29 is 9.53 Å². The predicted molar refractivity (Wildman–Crippen MR) is 78.0 cm³/mol. The van der Waals surface area contributed by atoms with Crippen LogP contribution in [-0.2, 0) is 9.53 Å². The molecule has 0 spiro atoms. The van der Waals surface area contributed by atoms with Crippen molar-refractivity contribution in [2.75, 3.05) is 36.5 Å². The van der Waals surface area contributed by atoms with Crippen molar-refractivity contribution in [3.63, 3.8) is 0 Å². The third-order valence-corrected chi connectivity index (χ3v) is 3.40. The highest BCUT2D eigenvalue weighted by atomic mass is 35.5. The molecule has 1 aromatic rings. The molecule has 1 fully saturated rings. The molecule has 0 saturated carbocycles. The van der Waals surface area contributed by atoms with Gasteiger partial charge < -0.3 is 15.0 Å². The van der Waals surface area contributed by atoms with Gasteiger partial charge in [0.05, 0.1) is 29.6 Å². The molecule has 0 unspecified atom stereocenters. The summed E-state index contributed by atoms with van der Waals surface area (Å²) in [7, 11) is 0. The number of carbonyl (C=O) groups excluding carboxylic acids is 1. The van der Waals surface area contributed by atoms with Gasteiger partial charge in [-0.3, -0.25) is 4.79 Å². The molecule has 104 valence electrons. The van der Waals surface area contributed by atoms with Crippen LogP contribution in [0.2, 0.25) is 5.02 Å². The molecular weight excluding hydrogens is 264 g/mol. The van der Waals surface area contributed by atoms with Crippen LogP contribution in [0.25, 0.3) is 0 Å². The number of carbonyl (C=O) groups is 1. The van der Waals surface area contributed by atoms with Crippen molar-refractivity contribution >= 4 is 28.9 Å². The molecule has 0 aliphatic carbocycles. The number of anilines is 2. The number of nitrogens with one attached hydrogen (secondary N) is 1. The average molecular weight is 283 g/mol. The number of halogens is 1. The quantitative estimate of drug-likeness (QED) is 0.927. The van der Waals surface area contributed by atoms with Gasteiger partial charge >= 0.3 is 0 Å². The molecule has 1 saturated heterocycles. The fourth-order valence-corrected chi connectivity index (χ4v) is 2.30. The minimum absolute atomic E-state index is 0.00299. The van der Waals surface area contributed by atoms with Crippen molar-refractivity contribution in [1.82, 2.24) is 0 Å². The van der Waals surface area contributed by atoms with E-state index in [4.69, 9.17) is 16.3 Å². The number of morpholine rings is 1. The van der Waals surface area contributed by atoms with E-state index in [9.17, 15) is 4.79 Å².